The third-order valence-electron chi connectivity index (χ3n) is 3.30. The first-order valence-corrected chi connectivity index (χ1v) is 6.28. The number of ether oxygens (including phenoxy) is 1. The smallest absolute Gasteiger partial charge is 0.253 e. The number of carbonyl (C=O) groups excluding carboxylic acids is 1. The van der Waals surface area contributed by atoms with Gasteiger partial charge in [-0.25, -0.2) is 0 Å². The van der Waals surface area contributed by atoms with Gasteiger partial charge in [-0.15, -0.1) is 0 Å². The Hall–Kier alpha value is -1.55. The summed E-state index contributed by atoms with van der Waals surface area (Å²) in [7, 11) is 1.69. The van der Waals surface area contributed by atoms with Gasteiger partial charge in [0.25, 0.3) is 5.91 Å². The molecule has 4 nitrogen and oxygen atoms in total. The van der Waals surface area contributed by atoms with Gasteiger partial charge in [-0.3, -0.25) is 4.79 Å². The Balaban J connectivity index is 2.04. The van der Waals surface area contributed by atoms with Crippen molar-refractivity contribution in [2.45, 2.75) is 12.8 Å². The number of nitrogens with zero attached hydrogens (tertiary/aromatic N) is 1. The zero-order valence-electron chi connectivity index (χ0n) is 10.6. The molecule has 2 rings (SSSR count). The monoisotopic (exact) mass is 249 g/mol. The molecule has 1 amide bonds. The standard InChI is InChI=1S/C14H19NO3/c1-18-10-11-4-3-7-15(9-11)14(17)12-5-2-6-13(16)8-12/h2,5-6,8,11,16H,3-4,7,9-10H2,1H3. The lowest BCUT2D eigenvalue weighted by atomic mass is 9.98. The van der Waals surface area contributed by atoms with Crippen LogP contribution in [0.5, 0.6) is 5.75 Å². The van der Waals surface area contributed by atoms with Crippen LogP contribution in [-0.4, -0.2) is 42.7 Å². The first-order chi connectivity index (χ1) is 8.70. The maximum Gasteiger partial charge on any atom is 0.253 e. The Morgan fingerprint density at radius 3 is 3.11 bits per heavy atom. The number of hydrogen-bond acceptors (Lipinski definition) is 3. The van der Waals surface area contributed by atoms with Gasteiger partial charge in [0.05, 0.1) is 6.61 Å². The lowest BCUT2D eigenvalue weighted by Gasteiger charge is -2.32. The van der Waals surface area contributed by atoms with E-state index in [4.69, 9.17) is 4.74 Å². The Kier molecular flexibility index (Phi) is 4.20. The average molecular weight is 249 g/mol. The van der Waals surface area contributed by atoms with Gasteiger partial charge in [-0.2, -0.15) is 0 Å². The van der Waals surface area contributed by atoms with Gasteiger partial charge >= 0.3 is 0 Å². The maximum absolute atomic E-state index is 12.3. The molecule has 1 aliphatic rings. The normalized spacial score (nSPS) is 19.8. The zero-order chi connectivity index (χ0) is 13.0. The average Bonchev–Trinajstić information content (AvgIpc) is 2.39. The van der Waals surface area contributed by atoms with Crippen molar-refractivity contribution in [1.29, 1.82) is 0 Å². The lowest BCUT2D eigenvalue weighted by Crippen LogP contribution is -2.41. The summed E-state index contributed by atoms with van der Waals surface area (Å²) >= 11 is 0. The van der Waals surface area contributed by atoms with Crippen LogP contribution in [0.1, 0.15) is 23.2 Å². The minimum atomic E-state index is -0.00768. The van der Waals surface area contributed by atoms with Crippen LogP contribution in [-0.2, 0) is 4.74 Å². The molecule has 1 N–H and O–H groups in total. The lowest BCUT2D eigenvalue weighted by molar-refractivity contribution is 0.0570. The Morgan fingerprint density at radius 1 is 1.56 bits per heavy atom. The number of aromatic hydroxyl groups is 1. The van der Waals surface area contributed by atoms with Crippen molar-refractivity contribution in [2.24, 2.45) is 5.92 Å². The summed E-state index contributed by atoms with van der Waals surface area (Å²) in [6.07, 6.45) is 2.12. The van der Waals surface area contributed by atoms with Crippen molar-refractivity contribution >= 4 is 5.91 Å². The molecule has 1 aliphatic heterocycles. The van der Waals surface area contributed by atoms with Crippen molar-refractivity contribution in [3.05, 3.63) is 29.8 Å². The van der Waals surface area contributed by atoms with Crippen molar-refractivity contribution < 1.29 is 14.6 Å². The Bertz CT molecular complexity index is 417. The van der Waals surface area contributed by atoms with E-state index in [1.807, 2.05) is 4.90 Å². The van der Waals surface area contributed by atoms with Gasteiger partial charge in [-0.05, 0) is 37.0 Å². The molecule has 1 fully saturated rings. The highest BCUT2D eigenvalue weighted by atomic mass is 16.5. The maximum atomic E-state index is 12.3. The van der Waals surface area contributed by atoms with Crippen molar-refractivity contribution in [3.63, 3.8) is 0 Å². The molecule has 0 radical (unpaired) electrons. The van der Waals surface area contributed by atoms with Gasteiger partial charge in [0.15, 0.2) is 0 Å². The van der Waals surface area contributed by atoms with Crippen LogP contribution in [0.3, 0.4) is 0 Å². The molecule has 18 heavy (non-hydrogen) atoms. The van der Waals surface area contributed by atoms with Crippen LogP contribution in [0.15, 0.2) is 24.3 Å². The van der Waals surface area contributed by atoms with Gasteiger partial charge in [0.2, 0.25) is 0 Å². The van der Waals surface area contributed by atoms with Crippen molar-refractivity contribution in [3.8, 4) is 5.75 Å². The number of phenols is 1. The molecule has 1 unspecified atom stereocenters. The number of phenolic OH excluding ortho intramolecular Hbond substituents is 1. The number of piperidine rings is 1. The molecule has 0 aliphatic carbocycles. The van der Waals surface area contributed by atoms with Crippen LogP contribution in [0.4, 0.5) is 0 Å². The topological polar surface area (TPSA) is 49.8 Å². The second kappa shape index (κ2) is 5.87. The highest BCUT2D eigenvalue weighted by Gasteiger charge is 2.24. The fourth-order valence-corrected chi connectivity index (χ4v) is 2.44. The van der Waals surface area contributed by atoms with Crippen LogP contribution >= 0.6 is 0 Å². The summed E-state index contributed by atoms with van der Waals surface area (Å²) in [5.41, 5.74) is 0.549. The number of amides is 1. The van der Waals surface area contributed by atoms with E-state index in [0.29, 0.717) is 18.1 Å². The van der Waals surface area contributed by atoms with E-state index >= 15 is 0 Å². The molecule has 1 aromatic rings. The number of carbonyl (C=O) groups is 1. The molecular weight excluding hydrogens is 230 g/mol. The molecular formula is C14H19NO3. The summed E-state index contributed by atoms with van der Waals surface area (Å²) in [4.78, 5) is 14.1. The van der Waals surface area contributed by atoms with E-state index in [9.17, 15) is 9.90 Å². The number of benzene rings is 1. The van der Waals surface area contributed by atoms with E-state index in [0.717, 1.165) is 25.9 Å². The van der Waals surface area contributed by atoms with Crippen LogP contribution in [0.2, 0.25) is 0 Å². The van der Waals surface area contributed by atoms with E-state index < -0.39 is 0 Å². The van der Waals surface area contributed by atoms with Gasteiger partial charge in [0.1, 0.15) is 5.75 Å². The summed E-state index contributed by atoms with van der Waals surface area (Å²) in [6, 6.07) is 6.52. The molecule has 0 saturated carbocycles. The van der Waals surface area contributed by atoms with E-state index in [1.165, 1.54) is 6.07 Å². The van der Waals surface area contributed by atoms with Crippen molar-refractivity contribution in [1.82, 2.24) is 4.90 Å². The SMILES string of the molecule is COCC1CCCN(C(=O)c2cccc(O)c2)C1. The van der Waals surface area contributed by atoms with Gasteiger partial charge < -0.3 is 14.7 Å². The number of likely N-dealkylation sites (tertiary alicyclic amines) is 1. The molecule has 0 spiro atoms. The predicted octanol–water partition coefficient (Wildman–Crippen LogP) is 1.89. The quantitative estimate of drug-likeness (QED) is 0.890. The van der Waals surface area contributed by atoms with Gasteiger partial charge in [-0.1, -0.05) is 6.07 Å². The van der Waals surface area contributed by atoms with E-state index in [2.05, 4.69) is 0 Å². The van der Waals surface area contributed by atoms with Crippen molar-refractivity contribution in [2.75, 3.05) is 26.8 Å². The number of rotatable bonds is 3. The Labute approximate surface area is 107 Å². The largest absolute Gasteiger partial charge is 0.508 e. The molecule has 1 heterocycles. The summed E-state index contributed by atoms with van der Waals surface area (Å²) in [6.45, 7) is 2.22. The fraction of sp³-hybridized carbons (Fsp3) is 0.500. The molecule has 4 heteroatoms. The third-order valence-corrected chi connectivity index (χ3v) is 3.30. The molecule has 1 atom stereocenters. The highest BCUT2D eigenvalue weighted by molar-refractivity contribution is 5.94. The third kappa shape index (κ3) is 3.01. The molecule has 0 bridgehead atoms. The zero-order valence-corrected chi connectivity index (χ0v) is 10.6. The first-order valence-electron chi connectivity index (χ1n) is 6.28. The van der Waals surface area contributed by atoms with Crippen LogP contribution in [0.25, 0.3) is 0 Å². The highest BCUT2D eigenvalue weighted by Crippen LogP contribution is 2.20. The van der Waals surface area contributed by atoms with Gasteiger partial charge in [0, 0.05) is 25.8 Å². The second-order valence-corrected chi connectivity index (χ2v) is 4.77. The summed E-state index contributed by atoms with van der Waals surface area (Å²) < 4.78 is 5.16. The second-order valence-electron chi connectivity index (χ2n) is 4.77. The number of hydrogen-bond donors (Lipinski definition) is 1. The minimum Gasteiger partial charge on any atom is -0.508 e. The fourth-order valence-electron chi connectivity index (χ4n) is 2.44. The first kappa shape index (κ1) is 12.9. The predicted molar refractivity (Wildman–Crippen MR) is 68.6 cm³/mol. The number of methoxy groups -OCH3 is 1. The van der Waals surface area contributed by atoms with E-state index in [1.54, 1.807) is 25.3 Å². The minimum absolute atomic E-state index is 0.00768. The van der Waals surface area contributed by atoms with E-state index in [-0.39, 0.29) is 11.7 Å². The summed E-state index contributed by atoms with van der Waals surface area (Å²) in [5, 5.41) is 9.41. The molecule has 98 valence electrons. The molecule has 1 saturated heterocycles. The molecule has 1 aromatic carbocycles. The Morgan fingerprint density at radius 2 is 2.39 bits per heavy atom. The summed E-state index contributed by atoms with van der Waals surface area (Å²) in [5.74, 6) is 0.544. The van der Waals surface area contributed by atoms with Crippen LogP contribution in [0, 0.1) is 5.92 Å². The molecule has 0 aromatic heterocycles. The van der Waals surface area contributed by atoms with Crippen LogP contribution < -0.4 is 0 Å².